The van der Waals surface area contributed by atoms with E-state index in [-0.39, 0.29) is 11.8 Å². The molecule has 1 amide bonds. The van der Waals surface area contributed by atoms with Crippen molar-refractivity contribution in [2.75, 3.05) is 5.32 Å². The third-order valence-corrected chi connectivity index (χ3v) is 5.63. The highest BCUT2D eigenvalue weighted by Crippen LogP contribution is 2.45. The minimum Gasteiger partial charge on any atom is -0.455 e. The number of carbonyl (C=O) groups is 2. The Morgan fingerprint density at radius 1 is 1.26 bits per heavy atom. The maximum Gasteiger partial charge on any atom is 0.352 e. The van der Waals surface area contributed by atoms with Gasteiger partial charge in [-0.2, -0.15) is 0 Å². The van der Waals surface area contributed by atoms with Crippen LogP contribution in [0.15, 0.2) is 33.2 Å². The van der Waals surface area contributed by atoms with Crippen LogP contribution < -0.4 is 14.9 Å². The van der Waals surface area contributed by atoms with E-state index in [1.807, 2.05) is 26.0 Å². The molecule has 0 saturated heterocycles. The molecule has 2 aromatic rings. The molecule has 0 bridgehead atoms. The number of nitrogens with one attached hydrogen (secondary N) is 1. The van der Waals surface area contributed by atoms with Crippen molar-refractivity contribution in [1.29, 1.82) is 0 Å². The van der Waals surface area contributed by atoms with E-state index in [1.54, 1.807) is 12.1 Å². The predicted octanol–water partition coefficient (Wildman–Crippen LogP) is 5.48. The molecule has 0 spiro atoms. The standard InChI is InChI=1S/C19H17Br2NO5/c1-4-12-16(27-26-10(3)23)8-14(20)18(17(12)21)25-11-5-6-15-13(7-11)9(2)19(24)22-15/h5-9H,4H2,1-3H3,(H,22,24). The molecule has 1 aliphatic heterocycles. The van der Waals surface area contributed by atoms with Gasteiger partial charge in [-0.3, -0.25) is 14.6 Å². The third kappa shape index (κ3) is 3.96. The average molecular weight is 499 g/mol. The van der Waals surface area contributed by atoms with Crippen LogP contribution in [0, 0.1) is 0 Å². The molecule has 2 aromatic carbocycles. The topological polar surface area (TPSA) is 73.9 Å². The van der Waals surface area contributed by atoms with Gasteiger partial charge in [-0.15, -0.1) is 0 Å². The summed E-state index contributed by atoms with van der Waals surface area (Å²) in [5.41, 5.74) is 2.49. The fourth-order valence-electron chi connectivity index (χ4n) is 2.80. The maximum absolute atomic E-state index is 11.8. The molecule has 0 radical (unpaired) electrons. The Kier molecular flexibility index (Phi) is 5.76. The van der Waals surface area contributed by atoms with Crippen LogP contribution in [0.5, 0.6) is 17.2 Å². The average Bonchev–Trinajstić information content (AvgIpc) is 2.91. The lowest BCUT2D eigenvalue weighted by Gasteiger charge is -2.16. The number of hydrogen-bond acceptors (Lipinski definition) is 5. The molecule has 0 aliphatic carbocycles. The van der Waals surface area contributed by atoms with Gasteiger partial charge in [-0.05, 0) is 69.0 Å². The second-order valence-corrected chi connectivity index (χ2v) is 7.70. The second kappa shape index (κ2) is 7.90. The Bertz CT molecular complexity index is 929. The summed E-state index contributed by atoms with van der Waals surface area (Å²) in [6, 6.07) is 7.16. The van der Waals surface area contributed by atoms with Gasteiger partial charge in [0.2, 0.25) is 5.91 Å². The van der Waals surface area contributed by atoms with Crippen molar-refractivity contribution in [1.82, 2.24) is 0 Å². The Morgan fingerprint density at radius 3 is 2.67 bits per heavy atom. The normalized spacial score (nSPS) is 15.1. The molecule has 27 heavy (non-hydrogen) atoms. The van der Waals surface area contributed by atoms with Crippen molar-refractivity contribution in [3.63, 3.8) is 0 Å². The van der Waals surface area contributed by atoms with E-state index >= 15 is 0 Å². The highest BCUT2D eigenvalue weighted by Gasteiger charge is 2.27. The summed E-state index contributed by atoms with van der Waals surface area (Å²) in [5, 5.41) is 2.84. The van der Waals surface area contributed by atoms with E-state index < -0.39 is 5.97 Å². The summed E-state index contributed by atoms with van der Waals surface area (Å²) < 4.78 is 7.38. The van der Waals surface area contributed by atoms with Gasteiger partial charge < -0.3 is 10.1 Å². The molecule has 1 atom stereocenters. The number of halogens is 2. The number of hydrogen-bond donors (Lipinski definition) is 1. The Morgan fingerprint density at radius 2 is 2.00 bits per heavy atom. The van der Waals surface area contributed by atoms with Gasteiger partial charge in [0.25, 0.3) is 0 Å². The van der Waals surface area contributed by atoms with Crippen LogP contribution in [0.25, 0.3) is 0 Å². The molecule has 142 valence electrons. The van der Waals surface area contributed by atoms with Crippen LogP contribution >= 0.6 is 31.9 Å². The minimum atomic E-state index is -0.542. The first-order valence-electron chi connectivity index (χ1n) is 8.30. The first kappa shape index (κ1) is 19.7. The van der Waals surface area contributed by atoms with Crippen LogP contribution in [-0.2, 0) is 20.9 Å². The van der Waals surface area contributed by atoms with Crippen molar-refractivity contribution in [2.24, 2.45) is 0 Å². The van der Waals surface area contributed by atoms with E-state index in [0.717, 1.165) is 16.8 Å². The Balaban J connectivity index is 1.94. The molecule has 0 saturated carbocycles. The quantitative estimate of drug-likeness (QED) is 0.436. The lowest BCUT2D eigenvalue weighted by Crippen LogP contribution is -2.08. The van der Waals surface area contributed by atoms with Crippen LogP contribution in [0.4, 0.5) is 5.69 Å². The molecule has 0 fully saturated rings. The van der Waals surface area contributed by atoms with Crippen molar-refractivity contribution >= 4 is 49.4 Å². The third-order valence-electron chi connectivity index (χ3n) is 4.20. The SMILES string of the molecule is CCc1c(OOC(C)=O)cc(Br)c(Oc2ccc3c(c2)C(C)C(=O)N3)c1Br. The summed E-state index contributed by atoms with van der Waals surface area (Å²) in [6.45, 7) is 5.07. The van der Waals surface area contributed by atoms with Gasteiger partial charge in [0, 0.05) is 24.2 Å². The molecule has 1 unspecified atom stereocenters. The van der Waals surface area contributed by atoms with E-state index in [2.05, 4.69) is 42.1 Å². The number of rotatable bonds is 5. The van der Waals surface area contributed by atoms with Gasteiger partial charge in [0.15, 0.2) is 11.5 Å². The van der Waals surface area contributed by atoms with Gasteiger partial charge in [0.1, 0.15) is 5.75 Å². The lowest BCUT2D eigenvalue weighted by atomic mass is 10.0. The van der Waals surface area contributed by atoms with Crippen molar-refractivity contribution in [3.8, 4) is 17.2 Å². The number of benzene rings is 2. The van der Waals surface area contributed by atoms with Crippen LogP contribution in [-0.4, -0.2) is 11.9 Å². The van der Waals surface area contributed by atoms with Crippen molar-refractivity contribution in [3.05, 3.63) is 44.3 Å². The fraction of sp³-hybridized carbons (Fsp3) is 0.263. The summed E-state index contributed by atoms with van der Waals surface area (Å²) in [5.74, 6) is 0.795. The van der Waals surface area contributed by atoms with Crippen LogP contribution in [0.3, 0.4) is 0 Å². The molecule has 8 heteroatoms. The van der Waals surface area contributed by atoms with Crippen molar-refractivity contribution < 1.29 is 24.1 Å². The molecule has 0 aromatic heterocycles. The molecule has 1 aliphatic rings. The highest BCUT2D eigenvalue weighted by atomic mass is 79.9. The van der Waals surface area contributed by atoms with Crippen molar-refractivity contribution in [2.45, 2.75) is 33.1 Å². The fourth-order valence-corrected chi connectivity index (χ4v) is 4.32. The zero-order valence-corrected chi connectivity index (χ0v) is 18.1. The van der Waals surface area contributed by atoms with Crippen LogP contribution in [0.1, 0.15) is 37.8 Å². The summed E-state index contributed by atoms with van der Waals surface area (Å²) in [4.78, 5) is 32.6. The zero-order chi connectivity index (χ0) is 19.7. The number of ether oxygens (including phenoxy) is 1. The number of anilines is 1. The zero-order valence-electron chi connectivity index (χ0n) is 14.9. The monoisotopic (exact) mass is 497 g/mol. The Hall–Kier alpha value is -2.06. The van der Waals surface area contributed by atoms with E-state index in [4.69, 9.17) is 9.62 Å². The second-order valence-electron chi connectivity index (χ2n) is 6.05. The lowest BCUT2D eigenvalue weighted by molar-refractivity contribution is -0.211. The molecular formula is C19H17Br2NO5. The van der Waals surface area contributed by atoms with Gasteiger partial charge in [-0.1, -0.05) is 6.92 Å². The van der Waals surface area contributed by atoms with E-state index in [0.29, 0.717) is 32.6 Å². The number of carbonyl (C=O) groups excluding carboxylic acids is 2. The van der Waals surface area contributed by atoms with Gasteiger partial charge in [0.05, 0.1) is 14.9 Å². The largest absolute Gasteiger partial charge is 0.455 e. The summed E-state index contributed by atoms with van der Waals surface area (Å²) in [6.07, 6.45) is 0.625. The van der Waals surface area contributed by atoms with Gasteiger partial charge >= 0.3 is 5.97 Å². The summed E-state index contributed by atoms with van der Waals surface area (Å²) >= 11 is 7.02. The van der Waals surface area contributed by atoms with Crippen LogP contribution in [0.2, 0.25) is 0 Å². The predicted molar refractivity (Wildman–Crippen MR) is 107 cm³/mol. The number of fused-ring (bicyclic) bond motifs is 1. The minimum absolute atomic E-state index is 0.0234. The first-order valence-corrected chi connectivity index (χ1v) is 9.89. The number of amides is 1. The van der Waals surface area contributed by atoms with E-state index in [1.165, 1.54) is 6.92 Å². The molecule has 3 rings (SSSR count). The highest BCUT2D eigenvalue weighted by molar-refractivity contribution is 9.11. The maximum atomic E-state index is 11.8. The molecular weight excluding hydrogens is 482 g/mol. The van der Waals surface area contributed by atoms with E-state index in [9.17, 15) is 9.59 Å². The molecule has 1 N–H and O–H groups in total. The van der Waals surface area contributed by atoms with Gasteiger partial charge in [-0.25, -0.2) is 4.79 Å². The smallest absolute Gasteiger partial charge is 0.352 e. The first-order chi connectivity index (χ1) is 12.8. The molecule has 1 heterocycles. The summed E-state index contributed by atoms with van der Waals surface area (Å²) in [7, 11) is 0. The Labute approximate surface area is 173 Å². The molecule has 6 nitrogen and oxygen atoms in total.